The first-order chi connectivity index (χ1) is 10.2. The highest BCUT2D eigenvalue weighted by atomic mass is 16.5. The van der Waals surface area contributed by atoms with Crippen molar-refractivity contribution in [1.82, 2.24) is 10.3 Å². The average molecular weight is 286 g/mol. The maximum atomic E-state index is 12.0. The van der Waals surface area contributed by atoms with Crippen LogP contribution < -0.4 is 21.3 Å². The van der Waals surface area contributed by atoms with Crippen molar-refractivity contribution in [3.05, 3.63) is 53.7 Å². The molecule has 1 amide bonds. The number of amides is 1. The van der Waals surface area contributed by atoms with Crippen LogP contribution in [0, 0.1) is 0 Å². The Labute approximate surface area is 123 Å². The fourth-order valence-electron chi connectivity index (χ4n) is 1.97. The standard InChI is InChI=1S/C15H18N4O2/c1-21-13-5-3-2-4-11(13)6-9-18-15(20)12-7-8-17-14(10-12)19-16/h2-5,7-8,10H,6,9,16H2,1H3,(H,17,19)(H,18,20). The summed E-state index contributed by atoms with van der Waals surface area (Å²) in [4.78, 5) is 16.0. The van der Waals surface area contributed by atoms with Gasteiger partial charge in [-0.1, -0.05) is 18.2 Å². The lowest BCUT2D eigenvalue weighted by molar-refractivity contribution is 0.0954. The third kappa shape index (κ3) is 3.93. The zero-order valence-electron chi connectivity index (χ0n) is 11.8. The number of ether oxygens (including phenoxy) is 1. The number of nitrogen functional groups attached to an aromatic ring is 1. The molecule has 0 aliphatic carbocycles. The minimum absolute atomic E-state index is 0.163. The van der Waals surface area contributed by atoms with E-state index in [0.717, 1.165) is 11.3 Å². The van der Waals surface area contributed by atoms with Gasteiger partial charge in [0.05, 0.1) is 7.11 Å². The molecule has 2 rings (SSSR count). The second-order valence-corrected chi connectivity index (χ2v) is 4.39. The van der Waals surface area contributed by atoms with Gasteiger partial charge in [-0.3, -0.25) is 4.79 Å². The number of nitrogens with zero attached hydrogens (tertiary/aromatic N) is 1. The van der Waals surface area contributed by atoms with Gasteiger partial charge in [-0.25, -0.2) is 10.8 Å². The fourth-order valence-corrected chi connectivity index (χ4v) is 1.97. The molecule has 0 unspecified atom stereocenters. The maximum absolute atomic E-state index is 12.0. The maximum Gasteiger partial charge on any atom is 0.251 e. The molecule has 1 aromatic carbocycles. The van der Waals surface area contributed by atoms with Gasteiger partial charge in [0.2, 0.25) is 0 Å². The molecule has 0 aliphatic heterocycles. The van der Waals surface area contributed by atoms with Gasteiger partial charge >= 0.3 is 0 Å². The molecule has 0 spiro atoms. The number of rotatable bonds is 6. The molecule has 1 aromatic heterocycles. The summed E-state index contributed by atoms with van der Waals surface area (Å²) in [5.41, 5.74) is 3.98. The molecule has 4 N–H and O–H groups in total. The summed E-state index contributed by atoms with van der Waals surface area (Å²) in [5.74, 6) is 6.38. The van der Waals surface area contributed by atoms with E-state index in [1.807, 2.05) is 24.3 Å². The lowest BCUT2D eigenvalue weighted by atomic mass is 10.1. The van der Waals surface area contributed by atoms with E-state index in [9.17, 15) is 4.79 Å². The molecular weight excluding hydrogens is 268 g/mol. The zero-order valence-corrected chi connectivity index (χ0v) is 11.8. The summed E-state index contributed by atoms with van der Waals surface area (Å²) in [7, 11) is 1.63. The third-order valence-electron chi connectivity index (χ3n) is 3.04. The van der Waals surface area contributed by atoms with Gasteiger partial charge in [0.15, 0.2) is 0 Å². The number of pyridine rings is 1. The van der Waals surface area contributed by atoms with E-state index in [2.05, 4.69) is 15.7 Å². The summed E-state index contributed by atoms with van der Waals surface area (Å²) in [5, 5.41) is 2.86. The Balaban J connectivity index is 1.92. The Kier molecular flexibility index (Phi) is 5.11. The molecule has 21 heavy (non-hydrogen) atoms. The van der Waals surface area contributed by atoms with Crippen LogP contribution in [-0.4, -0.2) is 24.5 Å². The smallest absolute Gasteiger partial charge is 0.251 e. The van der Waals surface area contributed by atoms with E-state index in [-0.39, 0.29) is 5.91 Å². The number of methoxy groups -OCH3 is 1. The molecule has 1 heterocycles. The summed E-state index contributed by atoms with van der Waals surface area (Å²) < 4.78 is 5.27. The Morgan fingerprint density at radius 3 is 2.90 bits per heavy atom. The number of hydrazine groups is 1. The number of carbonyl (C=O) groups excluding carboxylic acids is 1. The van der Waals surface area contributed by atoms with Gasteiger partial charge in [0.1, 0.15) is 11.6 Å². The molecule has 2 aromatic rings. The van der Waals surface area contributed by atoms with E-state index < -0.39 is 0 Å². The van der Waals surface area contributed by atoms with Crippen LogP contribution in [0.15, 0.2) is 42.6 Å². The SMILES string of the molecule is COc1ccccc1CCNC(=O)c1ccnc(NN)c1. The summed E-state index contributed by atoms with van der Waals surface area (Å²) in [6.07, 6.45) is 2.23. The first-order valence-corrected chi connectivity index (χ1v) is 6.57. The molecule has 6 nitrogen and oxygen atoms in total. The number of hydrogen-bond donors (Lipinski definition) is 3. The van der Waals surface area contributed by atoms with E-state index >= 15 is 0 Å². The molecule has 0 bridgehead atoms. The van der Waals surface area contributed by atoms with Crippen LogP contribution in [0.1, 0.15) is 15.9 Å². The van der Waals surface area contributed by atoms with Crippen molar-refractivity contribution in [3.63, 3.8) is 0 Å². The van der Waals surface area contributed by atoms with Crippen molar-refractivity contribution in [3.8, 4) is 5.75 Å². The molecule has 0 radical (unpaired) electrons. The molecule has 110 valence electrons. The molecule has 0 aliphatic rings. The van der Waals surface area contributed by atoms with Crippen LogP contribution in [-0.2, 0) is 6.42 Å². The lowest BCUT2D eigenvalue weighted by Crippen LogP contribution is -2.26. The number of aromatic nitrogens is 1. The number of para-hydroxylation sites is 1. The Morgan fingerprint density at radius 2 is 2.14 bits per heavy atom. The molecule has 0 fully saturated rings. The van der Waals surface area contributed by atoms with Gasteiger partial charge in [0.25, 0.3) is 5.91 Å². The highest BCUT2D eigenvalue weighted by molar-refractivity contribution is 5.94. The average Bonchev–Trinajstić information content (AvgIpc) is 2.55. The van der Waals surface area contributed by atoms with Crippen LogP contribution in [0.3, 0.4) is 0 Å². The van der Waals surface area contributed by atoms with Crippen LogP contribution in [0.25, 0.3) is 0 Å². The lowest BCUT2D eigenvalue weighted by Gasteiger charge is -2.09. The predicted molar refractivity (Wildman–Crippen MR) is 81.1 cm³/mol. The highest BCUT2D eigenvalue weighted by Crippen LogP contribution is 2.17. The van der Waals surface area contributed by atoms with Crippen molar-refractivity contribution in [2.24, 2.45) is 5.84 Å². The van der Waals surface area contributed by atoms with Gasteiger partial charge in [-0.05, 0) is 30.2 Å². The van der Waals surface area contributed by atoms with Crippen LogP contribution in [0.4, 0.5) is 5.82 Å². The number of benzene rings is 1. The number of hydrogen-bond acceptors (Lipinski definition) is 5. The van der Waals surface area contributed by atoms with E-state index in [4.69, 9.17) is 10.6 Å². The third-order valence-corrected chi connectivity index (χ3v) is 3.04. The highest BCUT2D eigenvalue weighted by Gasteiger charge is 2.07. The normalized spacial score (nSPS) is 10.0. The van der Waals surface area contributed by atoms with E-state index in [1.54, 1.807) is 19.2 Å². The molecule has 0 atom stereocenters. The van der Waals surface area contributed by atoms with Crippen molar-refractivity contribution >= 4 is 11.7 Å². The van der Waals surface area contributed by atoms with Crippen LogP contribution >= 0.6 is 0 Å². The number of carbonyl (C=O) groups is 1. The zero-order chi connectivity index (χ0) is 15.1. The second-order valence-electron chi connectivity index (χ2n) is 4.39. The fraction of sp³-hybridized carbons (Fsp3) is 0.200. The van der Waals surface area contributed by atoms with Crippen molar-refractivity contribution < 1.29 is 9.53 Å². The van der Waals surface area contributed by atoms with Crippen molar-refractivity contribution in [1.29, 1.82) is 0 Å². The summed E-state index contributed by atoms with van der Waals surface area (Å²) in [6, 6.07) is 11.0. The Bertz CT molecular complexity index is 616. The summed E-state index contributed by atoms with van der Waals surface area (Å²) in [6.45, 7) is 0.521. The van der Waals surface area contributed by atoms with Crippen LogP contribution in [0.2, 0.25) is 0 Å². The van der Waals surface area contributed by atoms with Crippen molar-refractivity contribution in [2.75, 3.05) is 19.1 Å². The van der Waals surface area contributed by atoms with Crippen molar-refractivity contribution in [2.45, 2.75) is 6.42 Å². The van der Waals surface area contributed by atoms with Gasteiger partial charge in [-0.15, -0.1) is 0 Å². The second kappa shape index (κ2) is 7.25. The van der Waals surface area contributed by atoms with Gasteiger partial charge < -0.3 is 15.5 Å². The number of nitrogens with two attached hydrogens (primary N) is 1. The topological polar surface area (TPSA) is 89.3 Å². The molecular formula is C15H18N4O2. The summed E-state index contributed by atoms with van der Waals surface area (Å²) >= 11 is 0. The van der Waals surface area contributed by atoms with E-state index in [1.165, 1.54) is 6.20 Å². The largest absolute Gasteiger partial charge is 0.496 e. The van der Waals surface area contributed by atoms with Gasteiger partial charge in [-0.2, -0.15) is 0 Å². The number of nitrogens with one attached hydrogen (secondary N) is 2. The monoisotopic (exact) mass is 286 g/mol. The Morgan fingerprint density at radius 1 is 1.33 bits per heavy atom. The van der Waals surface area contributed by atoms with Crippen LogP contribution in [0.5, 0.6) is 5.75 Å². The molecule has 6 heteroatoms. The first-order valence-electron chi connectivity index (χ1n) is 6.57. The predicted octanol–water partition coefficient (Wildman–Crippen LogP) is 1.35. The van der Waals surface area contributed by atoms with Gasteiger partial charge in [0, 0.05) is 18.3 Å². The van der Waals surface area contributed by atoms with E-state index in [0.29, 0.717) is 24.3 Å². The minimum atomic E-state index is -0.163. The Hall–Kier alpha value is -2.60. The number of anilines is 1. The minimum Gasteiger partial charge on any atom is -0.496 e. The quantitative estimate of drug-likeness (QED) is 0.551. The first kappa shape index (κ1) is 14.8. The molecule has 0 saturated carbocycles. The molecule has 0 saturated heterocycles.